The number of imidazole rings is 1. The molecule has 22 heavy (non-hydrogen) atoms. The lowest BCUT2D eigenvalue weighted by Gasteiger charge is -2.34. The molecule has 0 bridgehead atoms. The second-order valence-electron chi connectivity index (χ2n) is 5.40. The maximum absolute atomic E-state index is 12.4. The zero-order valence-electron chi connectivity index (χ0n) is 12.1. The number of rotatable bonds is 4. The van der Waals surface area contributed by atoms with Crippen molar-refractivity contribution in [2.45, 2.75) is 32.0 Å². The Morgan fingerprint density at radius 2 is 2.05 bits per heavy atom. The van der Waals surface area contributed by atoms with E-state index in [1.54, 1.807) is 18.7 Å². The summed E-state index contributed by atoms with van der Waals surface area (Å²) in [6, 6.07) is 6.90. The summed E-state index contributed by atoms with van der Waals surface area (Å²) in [5.74, 6) is -1.10. The maximum atomic E-state index is 12.4. The summed E-state index contributed by atoms with van der Waals surface area (Å²) in [5.41, 5.74) is 2.03. The molecule has 0 saturated carbocycles. The molecule has 2 aromatic rings. The second kappa shape index (κ2) is 6.01. The van der Waals surface area contributed by atoms with E-state index in [9.17, 15) is 14.7 Å². The maximum Gasteiger partial charge on any atom is 0.326 e. The lowest BCUT2D eigenvalue weighted by atomic mass is 9.93. The molecule has 114 valence electrons. The van der Waals surface area contributed by atoms with Gasteiger partial charge in [0, 0.05) is 38.3 Å². The van der Waals surface area contributed by atoms with Crippen LogP contribution in [-0.4, -0.2) is 37.5 Å². The van der Waals surface area contributed by atoms with Gasteiger partial charge in [0.25, 0.3) is 0 Å². The zero-order chi connectivity index (χ0) is 15.5. The van der Waals surface area contributed by atoms with Crippen molar-refractivity contribution in [2.24, 2.45) is 0 Å². The fourth-order valence-corrected chi connectivity index (χ4v) is 2.79. The van der Waals surface area contributed by atoms with E-state index >= 15 is 0 Å². The van der Waals surface area contributed by atoms with E-state index in [4.69, 9.17) is 0 Å². The lowest BCUT2D eigenvalue weighted by molar-refractivity contribution is -0.151. The number of carbonyl (C=O) groups is 2. The molecule has 3 rings (SSSR count). The van der Waals surface area contributed by atoms with Gasteiger partial charge < -0.3 is 14.6 Å². The molecule has 1 aliphatic heterocycles. The van der Waals surface area contributed by atoms with Crippen LogP contribution in [0, 0.1) is 0 Å². The van der Waals surface area contributed by atoms with Crippen molar-refractivity contribution in [3.8, 4) is 0 Å². The third kappa shape index (κ3) is 2.86. The predicted octanol–water partition coefficient (Wildman–Crippen LogP) is 1.31. The normalized spacial score (nSPS) is 17.1. The molecule has 0 fully saturated rings. The molecule has 1 atom stereocenters. The quantitative estimate of drug-likeness (QED) is 0.923. The molecule has 0 spiro atoms. The zero-order valence-corrected chi connectivity index (χ0v) is 12.1. The summed E-state index contributed by atoms with van der Waals surface area (Å²) < 4.78 is 1.81. The van der Waals surface area contributed by atoms with Gasteiger partial charge in [0.1, 0.15) is 6.04 Å². The van der Waals surface area contributed by atoms with Crippen molar-refractivity contribution in [3.63, 3.8) is 0 Å². The molecule has 1 unspecified atom stereocenters. The Balaban J connectivity index is 1.75. The van der Waals surface area contributed by atoms with Crippen LogP contribution in [0.3, 0.4) is 0 Å². The van der Waals surface area contributed by atoms with E-state index in [0.29, 0.717) is 19.5 Å². The number of hydrogen-bond acceptors (Lipinski definition) is 3. The summed E-state index contributed by atoms with van der Waals surface area (Å²) in [5, 5.41) is 9.43. The summed E-state index contributed by atoms with van der Waals surface area (Å²) in [7, 11) is 0. The molecule has 6 heteroatoms. The fraction of sp³-hybridized carbons (Fsp3) is 0.312. The van der Waals surface area contributed by atoms with E-state index in [1.807, 2.05) is 28.8 Å². The van der Waals surface area contributed by atoms with Crippen LogP contribution < -0.4 is 0 Å². The first-order valence-electron chi connectivity index (χ1n) is 7.20. The molecule has 1 aliphatic rings. The first-order valence-corrected chi connectivity index (χ1v) is 7.20. The summed E-state index contributed by atoms with van der Waals surface area (Å²) in [4.78, 5) is 29.4. The first kappa shape index (κ1) is 14.3. The van der Waals surface area contributed by atoms with Crippen LogP contribution in [0.25, 0.3) is 0 Å². The van der Waals surface area contributed by atoms with Crippen LogP contribution in [0.4, 0.5) is 0 Å². The van der Waals surface area contributed by atoms with E-state index in [-0.39, 0.29) is 12.3 Å². The Hall–Kier alpha value is -2.63. The third-order valence-corrected chi connectivity index (χ3v) is 4.00. The number of aryl methyl sites for hydroxylation is 1. The van der Waals surface area contributed by atoms with Gasteiger partial charge in [-0.05, 0) is 11.1 Å². The molecule has 1 amide bonds. The van der Waals surface area contributed by atoms with Gasteiger partial charge in [0.05, 0.1) is 6.33 Å². The number of carbonyl (C=O) groups excluding carboxylic acids is 1. The van der Waals surface area contributed by atoms with Crippen LogP contribution in [0.1, 0.15) is 17.5 Å². The summed E-state index contributed by atoms with van der Waals surface area (Å²) >= 11 is 0. The molecule has 6 nitrogen and oxygen atoms in total. The Kier molecular flexibility index (Phi) is 3.91. The number of carboxylic acid groups (broad SMARTS) is 1. The van der Waals surface area contributed by atoms with Crippen LogP contribution in [0.5, 0.6) is 0 Å². The van der Waals surface area contributed by atoms with Crippen LogP contribution in [0.2, 0.25) is 0 Å². The molecular weight excluding hydrogens is 282 g/mol. The van der Waals surface area contributed by atoms with Crippen LogP contribution in [0.15, 0.2) is 43.0 Å². The SMILES string of the molecule is O=C(O)C1Cc2ccccc2CN1C(=O)CCn1ccnc1. The monoisotopic (exact) mass is 299 g/mol. The number of hydrogen-bond donors (Lipinski definition) is 1. The number of carboxylic acids is 1. The number of amides is 1. The fourth-order valence-electron chi connectivity index (χ4n) is 2.79. The number of nitrogens with zero attached hydrogens (tertiary/aromatic N) is 3. The summed E-state index contributed by atoms with van der Waals surface area (Å²) in [6.07, 6.45) is 5.72. The Bertz CT molecular complexity index is 682. The standard InChI is InChI=1S/C16H17N3O3/c20-15(5-7-18-8-6-17-11-18)19-10-13-4-2-1-3-12(13)9-14(19)16(21)22/h1-4,6,8,11,14H,5,7,9-10H2,(H,21,22). The van der Waals surface area contributed by atoms with Crippen molar-refractivity contribution in [1.29, 1.82) is 0 Å². The Morgan fingerprint density at radius 3 is 2.73 bits per heavy atom. The smallest absolute Gasteiger partial charge is 0.326 e. The van der Waals surface area contributed by atoms with Crippen molar-refractivity contribution in [2.75, 3.05) is 0 Å². The minimum absolute atomic E-state index is 0.143. The van der Waals surface area contributed by atoms with Crippen molar-refractivity contribution in [3.05, 3.63) is 54.1 Å². The van der Waals surface area contributed by atoms with E-state index in [0.717, 1.165) is 11.1 Å². The van der Waals surface area contributed by atoms with Gasteiger partial charge in [0.15, 0.2) is 0 Å². The highest BCUT2D eigenvalue weighted by Crippen LogP contribution is 2.24. The number of benzene rings is 1. The minimum atomic E-state index is -0.953. The van der Waals surface area contributed by atoms with Crippen molar-refractivity contribution in [1.82, 2.24) is 14.5 Å². The second-order valence-corrected chi connectivity index (χ2v) is 5.40. The predicted molar refractivity (Wildman–Crippen MR) is 79.0 cm³/mol. The van der Waals surface area contributed by atoms with Gasteiger partial charge in [-0.2, -0.15) is 0 Å². The van der Waals surface area contributed by atoms with Gasteiger partial charge in [-0.15, -0.1) is 0 Å². The van der Waals surface area contributed by atoms with Crippen LogP contribution >= 0.6 is 0 Å². The minimum Gasteiger partial charge on any atom is -0.480 e. The average molecular weight is 299 g/mol. The average Bonchev–Trinajstić information content (AvgIpc) is 3.04. The van der Waals surface area contributed by atoms with Gasteiger partial charge >= 0.3 is 5.97 Å². The highest BCUT2D eigenvalue weighted by Gasteiger charge is 2.34. The molecule has 0 saturated heterocycles. The number of aromatic nitrogens is 2. The van der Waals surface area contributed by atoms with Gasteiger partial charge in [-0.3, -0.25) is 4.79 Å². The lowest BCUT2D eigenvalue weighted by Crippen LogP contribution is -2.48. The largest absolute Gasteiger partial charge is 0.480 e. The van der Waals surface area contributed by atoms with E-state index in [2.05, 4.69) is 4.98 Å². The van der Waals surface area contributed by atoms with Gasteiger partial charge in [-0.1, -0.05) is 24.3 Å². The molecule has 0 radical (unpaired) electrons. The van der Waals surface area contributed by atoms with E-state index in [1.165, 1.54) is 4.90 Å². The van der Waals surface area contributed by atoms with Crippen LogP contribution in [-0.2, 0) is 29.1 Å². The van der Waals surface area contributed by atoms with E-state index < -0.39 is 12.0 Å². The van der Waals surface area contributed by atoms with Crippen molar-refractivity contribution >= 4 is 11.9 Å². The topological polar surface area (TPSA) is 75.4 Å². The molecular formula is C16H17N3O3. The molecule has 2 heterocycles. The summed E-state index contributed by atoms with van der Waals surface area (Å²) in [6.45, 7) is 0.860. The highest BCUT2D eigenvalue weighted by molar-refractivity contribution is 5.84. The molecule has 1 aromatic carbocycles. The molecule has 1 N–H and O–H groups in total. The van der Waals surface area contributed by atoms with Gasteiger partial charge in [-0.25, -0.2) is 9.78 Å². The third-order valence-electron chi connectivity index (χ3n) is 4.00. The number of fused-ring (bicyclic) bond motifs is 1. The highest BCUT2D eigenvalue weighted by atomic mass is 16.4. The Morgan fingerprint density at radius 1 is 1.27 bits per heavy atom. The number of aliphatic carboxylic acids is 1. The molecule has 1 aromatic heterocycles. The first-order chi connectivity index (χ1) is 10.6. The Labute approximate surface area is 128 Å². The van der Waals surface area contributed by atoms with Gasteiger partial charge in [0.2, 0.25) is 5.91 Å². The van der Waals surface area contributed by atoms with Crippen molar-refractivity contribution < 1.29 is 14.7 Å². The molecule has 0 aliphatic carbocycles.